The fraction of sp³-hybridized carbons (Fsp3) is 0.533. The van der Waals surface area contributed by atoms with E-state index in [1.165, 1.54) is 38.5 Å². The molecule has 0 atom stereocenters. The number of nitriles is 1. The van der Waals surface area contributed by atoms with Crippen LogP contribution in [0.2, 0.25) is 0 Å². The minimum Gasteiger partial charge on any atom is -0.388 e. The summed E-state index contributed by atoms with van der Waals surface area (Å²) >= 11 is 0. The Hall–Kier alpha value is -1.49. The topological polar surface area (TPSA) is 33.0 Å². The second-order valence-corrected chi connectivity index (χ2v) is 4.32. The summed E-state index contributed by atoms with van der Waals surface area (Å²) in [5, 5.41) is 8.54. The molecule has 2 heteroatoms. The molecule has 0 aliphatic carbocycles. The number of aryl methyl sites for hydroxylation is 1. The van der Waals surface area contributed by atoms with Gasteiger partial charge in [-0.25, -0.2) is 0 Å². The Kier molecular flexibility index (Phi) is 6.90. The van der Waals surface area contributed by atoms with Gasteiger partial charge in [0.15, 0.2) is 0 Å². The summed E-state index contributed by atoms with van der Waals surface area (Å²) in [4.78, 5) is 0. The number of para-hydroxylation sites is 1. The number of rotatable bonds is 8. The number of ether oxygens (including phenoxy) is 1. The first-order valence-electron chi connectivity index (χ1n) is 6.52. The molecule has 2 nitrogen and oxygen atoms in total. The Labute approximate surface area is 104 Å². The molecular weight excluding hydrogens is 210 g/mol. The Morgan fingerprint density at radius 2 is 1.76 bits per heavy atom. The molecule has 0 spiro atoms. The third-order valence-corrected chi connectivity index (χ3v) is 2.93. The molecule has 0 N–H and O–H groups in total. The molecule has 0 aromatic heterocycles. The molecule has 0 heterocycles. The Morgan fingerprint density at radius 1 is 1.06 bits per heavy atom. The molecule has 0 aliphatic rings. The van der Waals surface area contributed by atoms with Crippen LogP contribution in [-0.2, 0) is 6.42 Å². The first-order valence-corrected chi connectivity index (χ1v) is 6.52. The van der Waals surface area contributed by atoms with Crippen molar-refractivity contribution >= 4 is 0 Å². The smallest absolute Gasteiger partial charge is 0.292 e. The molecule has 0 amide bonds. The van der Waals surface area contributed by atoms with Gasteiger partial charge >= 0.3 is 0 Å². The SMILES string of the molecule is CCCCCCCCc1ccccc1OC#N. The van der Waals surface area contributed by atoms with Crippen LogP contribution in [0.4, 0.5) is 0 Å². The summed E-state index contributed by atoms with van der Waals surface area (Å²) in [5.74, 6) is 0.712. The van der Waals surface area contributed by atoms with Crippen molar-refractivity contribution in [3.05, 3.63) is 29.8 Å². The van der Waals surface area contributed by atoms with E-state index in [1.807, 2.05) is 24.3 Å². The minimum absolute atomic E-state index is 0.712. The lowest BCUT2D eigenvalue weighted by Gasteiger charge is -2.05. The van der Waals surface area contributed by atoms with Gasteiger partial charge in [-0.3, -0.25) is 0 Å². The maximum Gasteiger partial charge on any atom is 0.292 e. The number of benzene rings is 1. The average Bonchev–Trinajstić information content (AvgIpc) is 2.36. The predicted molar refractivity (Wildman–Crippen MR) is 69.8 cm³/mol. The number of unbranched alkanes of at least 4 members (excludes halogenated alkanes) is 5. The highest BCUT2D eigenvalue weighted by Gasteiger charge is 2.02. The van der Waals surface area contributed by atoms with Gasteiger partial charge in [-0.15, -0.1) is 5.26 Å². The van der Waals surface area contributed by atoms with Gasteiger partial charge < -0.3 is 4.74 Å². The van der Waals surface area contributed by atoms with Crippen molar-refractivity contribution in [2.24, 2.45) is 0 Å². The molecule has 0 aliphatic heterocycles. The van der Waals surface area contributed by atoms with Crippen LogP contribution in [0.15, 0.2) is 24.3 Å². The van der Waals surface area contributed by atoms with Gasteiger partial charge in [0.05, 0.1) is 0 Å². The summed E-state index contributed by atoms with van der Waals surface area (Å²) in [7, 11) is 0. The zero-order valence-corrected chi connectivity index (χ0v) is 10.6. The van der Waals surface area contributed by atoms with Crippen molar-refractivity contribution in [2.45, 2.75) is 51.9 Å². The molecule has 0 saturated carbocycles. The van der Waals surface area contributed by atoms with Gasteiger partial charge in [-0.1, -0.05) is 57.2 Å². The standard InChI is InChI=1S/C15H21NO/c1-2-3-4-5-6-7-10-14-11-8-9-12-15(14)17-13-16/h8-9,11-12H,2-7,10H2,1H3. The van der Waals surface area contributed by atoms with Crippen molar-refractivity contribution in [3.63, 3.8) is 0 Å². The third-order valence-electron chi connectivity index (χ3n) is 2.93. The number of hydrogen-bond donors (Lipinski definition) is 0. The summed E-state index contributed by atoms with van der Waals surface area (Å²) < 4.78 is 4.94. The van der Waals surface area contributed by atoms with Crippen LogP contribution in [-0.4, -0.2) is 0 Å². The zero-order chi connectivity index (χ0) is 12.3. The average molecular weight is 231 g/mol. The van der Waals surface area contributed by atoms with E-state index >= 15 is 0 Å². The minimum atomic E-state index is 0.712. The molecule has 0 fully saturated rings. The van der Waals surface area contributed by atoms with E-state index in [0.717, 1.165) is 12.0 Å². The van der Waals surface area contributed by atoms with E-state index in [2.05, 4.69) is 6.92 Å². The number of nitrogens with zero attached hydrogens (tertiary/aromatic N) is 1. The highest BCUT2D eigenvalue weighted by molar-refractivity contribution is 5.34. The van der Waals surface area contributed by atoms with E-state index in [0.29, 0.717) is 5.75 Å². The van der Waals surface area contributed by atoms with Crippen LogP contribution in [0.1, 0.15) is 51.0 Å². The highest BCUT2D eigenvalue weighted by atomic mass is 16.5. The van der Waals surface area contributed by atoms with Crippen molar-refractivity contribution in [3.8, 4) is 12.0 Å². The molecular formula is C15H21NO. The van der Waals surface area contributed by atoms with E-state index in [4.69, 9.17) is 10.00 Å². The van der Waals surface area contributed by atoms with Crippen LogP contribution < -0.4 is 4.74 Å². The van der Waals surface area contributed by atoms with Crippen molar-refractivity contribution in [1.82, 2.24) is 0 Å². The van der Waals surface area contributed by atoms with Gasteiger partial charge in [0.1, 0.15) is 5.75 Å². The maximum atomic E-state index is 8.54. The van der Waals surface area contributed by atoms with Crippen molar-refractivity contribution in [1.29, 1.82) is 5.26 Å². The van der Waals surface area contributed by atoms with Gasteiger partial charge in [0.25, 0.3) is 6.26 Å². The predicted octanol–water partition coefficient (Wildman–Crippen LogP) is 4.45. The third kappa shape index (κ3) is 5.40. The van der Waals surface area contributed by atoms with E-state index in [1.54, 1.807) is 6.26 Å². The molecule has 1 aromatic rings. The van der Waals surface area contributed by atoms with Crippen LogP contribution in [0.25, 0.3) is 0 Å². The quantitative estimate of drug-likeness (QED) is 0.489. The summed E-state index contributed by atoms with van der Waals surface area (Å²) in [6.45, 7) is 2.23. The fourth-order valence-corrected chi connectivity index (χ4v) is 1.95. The normalized spacial score (nSPS) is 9.88. The van der Waals surface area contributed by atoms with E-state index in [9.17, 15) is 0 Å². The lowest BCUT2D eigenvalue weighted by atomic mass is 10.0. The second-order valence-electron chi connectivity index (χ2n) is 4.32. The second kappa shape index (κ2) is 8.64. The van der Waals surface area contributed by atoms with E-state index in [-0.39, 0.29) is 0 Å². The maximum absolute atomic E-state index is 8.54. The Morgan fingerprint density at radius 3 is 2.53 bits per heavy atom. The Bertz CT molecular complexity index is 354. The summed E-state index contributed by atoms with van der Waals surface area (Å²) in [5.41, 5.74) is 1.14. The fourth-order valence-electron chi connectivity index (χ4n) is 1.95. The van der Waals surface area contributed by atoms with E-state index < -0.39 is 0 Å². The van der Waals surface area contributed by atoms with Crippen LogP contribution in [0.5, 0.6) is 5.75 Å². The molecule has 0 radical (unpaired) electrons. The summed E-state index contributed by atoms with van der Waals surface area (Å²) in [6.07, 6.45) is 10.5. The molecule has 0 unspecified atom stereocenters. The highest BCUT2D eigenvalue weighted by Crippen LogP contribution is 2.20. The first-order chi connectivity index (χ1) is 8.38. The molecule has 92 valence electrons. The largest absolute Gasteiger partial charge is 0.388 e. The van der Waals surface area contributed by atoms with Gasteiger partial charge in [-0.05, 0) is 24.5 Å². The molecule has 17 heavy (non-hydrogen) atoms. The molecule has 1 rings (SSSR count). The van der Waals surface area contributed by atoms with Gasteiger partial charge in [0.2, 0.25) is 0 Å². The lowest BCUT2D eigenvalue weighted by molar-refractivity contribution is 0.497. The van der Waals surface area contributed by atoms with Crippen molar-refractivity contribution in [2.75, 3.05) is 0 Å². The lowest BCUT2D eigenvalue weighted by Crippen LogP contribution is -1.91. The monoisotopic (exact) mass is 231 g/mol. The molecule has 1 aromatic carbocycles. The Balaban J connectivity index is 2.29. The van der Waals surface area contributed by atoms with Crippen LogP contribution >= 0.6 is 0 Å². The zero-order valence-electron chi connectivity index (χ0n) is 10.6. The first kappa shape index (κ1) is 13.6. The van der Waals surface area contributed by atoms with Gasteiger partial charge in [-0.2, -0.15) is 0 Å². The number of hydrogen-bond acceptors (Lipinski definition) is 2. The van der Waals surface area contributed by atoms with Crippen LogP contribution in [0, 0.1) is 11.5 Å². The van der Waals surface area contributed by atoms with Crippen LogP contribution in [0.3, 0.4) is 0 Å². The molecule has 0 bridgehead atoms. The van der Waals surface area contributed by atoms with Gasteiger partial charge in [0, 0.05) is 0 Å². The summed E-state index contributed by atoms with van der Waals surface area (Å²) in [6, 6.07) is 7.79. The van der Waals surface area contributed by atoms with Crippen molar-refractivity contribution < 1.29 is 4.74 Å². The molecule has 0 saturated heterocycles.